The van der Waals surface area contributed by atoms with Gasteiger partial charge in [0.1, 0.15) is 0 Å². The summed E-state index contributed by atoms with van der Waals surface area (Å²) in [4.78, 5) is 26.3. The fourth-order valence-electron chi connectivity index (χ4n) is 3.24. The summed E-state index contributed by atoms with van der Waals surface area (Å²) in [5.41, 5.74) is 1.45. The van der Waals surface area contributed by atoms with Gasteiger partial charge in [0.15, 0.2) is 0 Å². The first-order valence-corrected chi connectivity index (χ1v) is 7.12. The van der Waals surface area contributed by atoms with Gasteiger partial charge in [-0.05, 0) is 37.5 Å². The van der Waals surface area contributed by atoms with Gasteiger partial charge in [0.2, 0.25) is 11.8 Å². The summed E-state index contributed by atoms with van der Waals surface area (Å²) in [7, 11) is 0. The van der Waals surface area contributed by atoms with E-state index in [-0.39, 0.29) is 23.7 Å². The smallest absolute Gasteiger partial charge is 0.237 e. The highest BCUT2D eigenvalue weighted by atomic mass is 35.5. The number of imide groups is 1. The van der Waals surface area contributed by atoms with Crippen LogP contribution in [0, 0.1) is 18.8 Å². The lowest BCUT2D eigenvalue weighted by molar-refractivity contribution is -0.122. The van der Waals surface area contributed by atoms with Gasteiger partial charge in [-0.1, -0.05) is 30.5 Å². The Labute approximate surface area is 117 Å². The standard InChI is InChI=1S/C15H16ClNO2/c1-9-12(16)7-4-8-13(9)17-14(18)10-5-2-3-6-11(10)15(17)19/h4,7-8,10-11H,2-3,5-6H2,1H3. The number of amides is 2. The van der Waals surface area contributed by atoms with E-state index in [1.54, 1.807) is 18.2 Å². The van der Waals surface area contributed by atoms with Crippen molar-refractivity contribution in [3.63, 3.8) is 0 Å². The first-order valence-electron chi connectivity index (χ1n) is 6.74. The summed E-state index contributed by atoms with van der Waals surface area (Å²) in [5, 5.41) is 0.591. The molecule has 1 saturated heterocycles. The highest BCUT2D eigenvalue weighted by Crippen LogP contribution is 2.41. The number of carbonyl (C=O) groups is 2. The lowest BCUT2D eigenvalue weighted by Gasteiger charge is -2.19. The largest absolute Gasteiger partial charge is 0.274 e. The van der Waals surface area contributed by atoms with Gasteiger partial charge in [-0.25, -0.2) is 4.90 Å². The second-order valence-corrected chi connectivity index (χ2v) is 5.80. The molecule has 1 aliphatic carbocycles. The van der Waals surface area contributed by atoms with Gasteiger partial charge in [-0.15, -0.1) is 0 Å². The highest BCUT2D eigenvalue weighted by molar-refractivity contribution is 6.32. The molecule has 0 aromatic heterocycles. The molecule has 1 aromatic carbocycles. The van der Waals surface area contributed by atoms with E-state index in [1.165, 1.54) is 4.90 Å². The molecule has 3 nitrogen and oxygen atoms in total. The predicted octanol–water partition coefficient (Wildman–Crippen LogP) is 3.33. The van der Waals surface area contributed by atoms with Crippen LogP contribution in [0.1, 0.15) is 31.2 Å². The van der Waals surface area contributed by atoms with Gasteiger partial charge in [-0.2, -0.15) is 0 Å². The van der Waals surface area contributed by atoms with Crippen molar-refractivity contribution in [1.29, 1.82) is 0 Å². The van der Waals surface area contributed by atoms with Crippen LogP contribution in [0.25, 0.3) is 0 Å². The minimum Gasteiger partial charge on any atom is -0.274 e. The van der Waals surface area contributed by atoms with E-state index in [0.29, 0.717) is 10.7 Å². The Morgan fingerprint density at radius 2 is 1.68 bits per heavy atom. The maximum absolute atomic E-state index is 12.5. The zero-order valence-electron chi connectivity index (χ0n) is 10.9. The van der Waals surface area contributed by atoms with Crippen LogP contribution >= 0.6 is 11.6 Å². The molecule has 1 saturated carbocycles. The molecule has 1 heterocycles. The number of fused-ring (bicyclic) bond motifs is 1. The molecule has 2 aliphatic rings. The summed E-state index contributed by atoms with van der Waals surface area (Å²) >= 11 is 6.09. The van der Waals surface area contributed by atoms with Gasteiger partial charge in [-0.3, -0.25) is 9.59 Å². The van der Waals surface area contributed by atoms with Crippen LogP contribution in [-0.2, 0) is 9.59 Å². The van der Waals surface area contributed by atoms with Crippen molar-refractivity contribution >= 4 is 29.1 Å². The van der Waals surface area contributed by atoms with Crippen LogP contribution in [0.4, 0.5) is 5.69 Å². The second kappa shape index (κ2) is 4.64. The molecule has 19 heavy (non-hydrogen) atoms. The summed E-state index contributed by atoms with van der Waals surface area (Å²) in [6.45, 7) is 1.85. The predicted molar refractivity (Wildman–Crippen MR) is 74.1 cm³/mol. The first kappa shape index (κ1) is 12.7. The van der Waals surface area contributed by atoms with Gasteiger partial charge >= 0.3 is 0 Å². The molecule has 1 aliphatic heterocycles. The molecule has 2 fully saturated rings. The number of benzene rings is 1. The van der Waals surface area contributed by atoms with E-state index in [9.17, 15) is 9.59 Å². The van der Waals surface area contributed by atoms with E-state index >= 15 is 0 Å². The number of nitrogens with zero attached hydrogens (tertiary/aromatic N) is 1. The monoisotopic (exact) mass is 277 g/mol. The Morgan fingerprint density at radius 1 is 1.11 bits per heavy atom. The van der Waals surface area contributed by atoms with E-state index in [1.807, 2.05) is 6.92 Å². The Balaban J connectivity index is 2.03. The molecule has 100 valence electrons. The molecule has 1 aromatic rings. The van der Waals surface area contributed by atoms with Crippen LogP contribution in [0.2, 0.25) is 5.02 Å². The average Bonchev–Trinajstić information content (AvgIpc) is 2.67. The Kier molecular flexibility index (Phi) is 3.09. The number of halogens is 1. The van der Waals surface area contributed by atoms with Crippen molar-refractivity contribution < 1.29 is 9.59 Å². The van der Waals surface area contributed by atoms with Gasteiger partial charge < -0.3 is 0 Å². The molecule has 0 radical (unpaired) electrons. The zero-order chi connectivity index (χ0) is 13.6. The normalized spacial score (nSPS) is 26.7. The van der Waals surface area contributed by atoms with Crippen molar-refractivity contribution in [2.75, 3.05) is 4.90 Å². The summed E-state index contributed by atoms with van der Waals surface area (Å²) in [5.74, 6) is -0.306. The summed E-state index contributed by atoms with van der Waals surface area (Å²) < 4.78 is 0. The minimum atomic E-state index is -0.111. The molecule has 2 unspecified atom stereocenters. The average molecular weight is 278 g/mol. The molecule has 2 amide bonds. The van der Waals surface area contributed by atoms with Crippen molar-refractivity contribution in [3.8, 4) is 0 Å². The number of hydrogen-bond donors (Lipinski definition) is 0. The zero-order valence-corrected chi connectivity index (χ0v) is 11.6. The third-order valence-corrected chi connectivity index (χ3v) is 4.73. The van der Waals surface area contributed by atoms with Gasteiger partial charge in [0.25, 0.3) is 0 Å². The molecule has 3 rings (SSSR count). The summed E-state index contributed by atoms with van der Waals surface area (Å²) in [6.07, 6.45) is 3.77. The first-order chi connectivity index (χ1) is 9.11. The lowest BCUT2D eigenvalue weighted by Crippen LogP contribution is -2.31. The molecule has 4 heteroatoms. The maximum atomic E-state index is 12.5. The minimum absolute atomic E-state index is 0.0416. The van der Waals surface area contributed by atoms with E-state index in [2.05, 4.69) is 0 Å². The Hall–Kier alpha value is -1.35. The Morgan fingerprint density at radius 3 is 2.26 bits per heavy atom. The third kappa shape index (κ3) is 1.88. The number of anilines is 1. The molecule has 0 bridgehead atoms. The van der Waals surface area contributed by atoms with Gasteiger partial charge in [0, 0.05) is 5.02 Å². The SMILES string of the molecule is Cc1c(Cl)cccc1N1C(=O)C2CCCCC2C1=O. The maximum Gasteiger partial charge on any atom is 0.237 e. The quantitative estimate of drug-likeness (QED) is 0.739. The van der Waals surface area contributed by atoms with E-state index in [4.69, 9.17) is 11.6 Å². The van der Waals surface area contributed by atoms with E-state index < -0.39 is 0 Å². The molecular weight excluding hydrogens is 262 g/mol. The molecular formula is C15H16ClNO2. The van der Waals surface area contributed by atoms with Crippen molar-refractivity contribution in [3.05, 3.63) is 28.8 Å². The number of hydrogen-bond acceptors (Lipinski definition) is 2. The van der Waals surface area contributed by atoms with Crippen molar-refractivity contribution in [2.45, 2.75) is 32.6 Å². The van der Waals surface area contributed by atoms with Crippen molar-refractivity contribution in [2.24, 2.45) is 11.8 Å². The molecule has 2 atom stereocenters. The second-order valence-electron chi connectivity index (χ2n) is 5.39. The van der Waals surface area contributed by atoms with Crippen molar-refractivity contribution in [1.82, 2.24) is 0 Å². The number of carbonyl (C=O) groups excluding carboxylic acids is 2. The van der Waals surface area contributed by atoms with Gasteiger partial charge in [0.05, 0.1) is 17.5 Å². The van der Waals surface area contributed by atoms with Crippen LogP contribution in [0.5, 0.6) is 0 Å². The summed E-state index contributed by atoms with van der Waals surface area (Å²) in [6, 6.07) is 5.36. The number of rotatable bonds is 1. The van der Waals surface area contributed by atoms with Crippen LogP contribution in [-0.4, -0.2) is 11.8 Å². The van der Waals surface area contributed by atoms with E-state index in [0.717, 1.165) is 31.2 Å². The van der Waals surface area contributed by atoms with Crippen LogP contribution < -0.4 is 4.90 Å². The molecule has 0 N–H and O–H groups in total. The topological polar surface area (TPSA) is 37.4 Å². The Bertz CT molecular complexity index is 531. The fourth-order valence-corrected chi connectivity index (χ4v) is 3.41. The molecule has 0 spiro atoms. The highest BCUT2D eigenvalue weighted by Gasteiger charge is 2.49. The fraction of sp³-hybridized carbons (Fsp3) is 0.467. The lowest BCUT2D eigenvalue weighted by atomic mass is 9.81. The van der Waals surface area contributed by atoms with Crippen LogP contribution in [0.15, 0.2) is 18.2 Å². The third-order valence-electron chi connectivity index (χ3n) is 4.32. The van der Waals surface area contributed by atoms with Crippen LogP contribution in [0.3, 0.4) is 0 Å².